The Morgan fingerprint density at radius 2 is 2.05 bits per heavy atom. The molecule has 0 saturated heterocycles. The third-order valence-electron chi connectivity index (χ3n) is 2.23. The fourth-order valence-corrected chi connectivity index (χ4v) is 2.16. The van der Waals surface area contributed by atoms with E-state index in [1.807, 2.05) is 13.0 Å². The molecule has 1 heterocycles. The Kier molecular flexibility index (Phi) is 4.76. The van der Waals surface area contributed by atoms with Crippen molar-refractivity contribution in [2.45, 2.75) is 12.1 Å². The zero-order valence-electron chi connectivity index (χ0n) is 10.3. The summed E-state index contributed by atoms with van der Waals surface area (Å²) >= 11 is 7.08. The zero-order valence-corrected chi connectivity index (χ0v) is 11.8. The molecular formula is C13H12ClN3OS. The molecule has 6 heteroatoms. The van der Waals surface area contributed by atoms with Crippen molar-refractivity contribution in [3.63, 3.8) is 0 Å². The van der Waals surface area contributed by atoms with Crippen molar-refractivity contribution < 1.29 is 4.79 Å². The number of halogens is 1. The fourth-order valence-electron chi connectivity index (χ4n) is 1.36. The van der Waals surface area contributed by atoms with Crippen LogP contribution >= 0.6 is 23.4 Å². The van der Waals surface area contributed by atoms with Gasteiger partial charge in [-0.05, 0) is 37.3 Å². The lowest BCUT2D eigenvalue weighted by Crippen LogP contribution is -2.14. The topological polar surface area (TPSA) is 54.9 Å². The predicted molar refractivity (Wildman–Crippen MR) is 77.6 cm³/mol. The molecule has 0 radical (unpaired) electrons. The molecule has 1 aromatic carbocycles. The van der Waals surface area contributed by atoms with Crippen LogP contribution in [0.1, 0.15) is 5.69 Å². The number of anilines is 1. The monoisotopic (exact) mass is 293 g/mol. The molecule has 2 rings (SSSR count). The summed E-state index contributed by atoms with van der Waals surface area (Å²) in [6.45, 7) is 1.89. The van der Waals surface area contributed by atoms with E-state index < -0.39 is 0 Å². The van der Waals surface area contributed by atoms with Crippen LogP contribution in [0.25, 0.3) is 0 Å². The van der Waals surface area contributed by atoms with E-state index in [1.165, 1.54) is 11.8 Å². The van der Waals surface area contributed by atoms with Gasteiger partial charge in [-0.3, -0.25) is 4.79 Å². The lowest BCUT2D eigenvalue weighted by molar-refractivity contribution is -0.113. The average Bonchev–Trinajstić information content (AvgIpc) is 2.39. The molecule has 0 saturated carbocycles. The second kappa shape index (κ2) is 6.54. The summed E-state index contributed by atoms with van der Waals surface area (Å²) in [6, 6.07) is 8.79. The van der Waals surface area contributed by atoms with Crippen molar-refractivity contribution in [1.29, 1.82) is 0 Å². The second-order valence-corrected chi connectivity index (χ2v) is 5.20. The van der Waals surface area contributed by atoms with Gasteiger partial charge in [-0.25, -0.2) is 9.97 Å². The smallest absolute Gasteiger partial charge is 0.234 e. The Morgan fingerprint density at radius 1 is 1.32 bits per heavy atom. The highest BCUT2D eigenvalue weighted by Gasteiger charge is 2.05. The second-order valence-electron chi connectivity index (χ2n) is 3.82. The van der Waals surface area contributed by atoms with Gasteiger partial charge in [0, 0.05) is 22.6 Å². The number of nitrogens with zero attached hydrogens (tertiary/aromatic N) is 2. The number of thioether (sulfide) groups is 1. The lowest BCUT2D eigenvalue weighted by Gasteiger charge is -2.04. The van der Waals surface area contributed by atoms with Crippen molar-refractivity contribution in [1.82, 2.24) is 9.97 Å². The molecule has 0 fully saturated rings. The SMILES string of the molecule is Cc1ccnc(SCC(=O)Nc2ccc(Cl)cc2)n1. The standard InChI is InChI=1S/C13H12ClN3OS/c1-9-6-7-15-13(16-9)19-8-12(18)17-11-4-2-10(14)3-5-11/h2-7H,8H2,1H3,(H,17,18). The van der Waals surface area contributed by atoms with Crippen LogP contribution in [0.2, 0.25) is 5.02 Å². The molecule has 19 heavy (non-hydrogen) atoms. The first-order valence-electron chi connectivity index (χ1n) is 5.61. The van der Waals surface area contributed by atoms with Crippen molar-refractivity contribution in [2.75, 3.05) is 11.1 Å². The molecule has 0 aliphatic rings. The molecule has 0 atom stereocenters. The van der Waals surface area contributed by atoms with Gasteiger partial charge in [0.2, 0.25) is 5.91 Å². The van der Waals surface area contributed by atoms with E-state index in [2.05, 4.69) is 15.3 Å². The summed E-state index contributed by atoms with van der Waals surface area (Å²) in [5.41, 5.74) is 1.61. The Balaban J connectivity index is 1.86. The number of benzene rings is 1. The highest BCUT2D eigenvalue weighted by atomic mass is 35.5. The minimum absolute atomic E-state index is 0.0996. The highest BCUT2D eigenvalue weighted by Crippen LogP contribution is 2.15. The quantitative estimate of drug-likeness (QED) is 0.695. The third-order valence-corrected chi connectivity index (χ3v) is 3.35. The average molecular weight is 294 g/mol. The first-order chi connectivity index (χ1) is 9.13. The minimum atomic E-state index is -0.0996. The summed E-state index contributed by atoms with van der Waals surface area (Å²) in [5.74, 6) is 0.170. The molecule has 98 valence electrons. The number of hydrogen-bond acceptors (Lipinski definition) is 4. The van der Waals surface area contributed by atoms with Crippen LogP contribution in [0.5, 0.6) is 0 Å². The lowest BCUT2D eigenvalue weighted by atomic mass is 10.3. The number of hydrogen-bond donors (Lipinski definition) is 1. The van der Waals surface area contributed by atoms with E-state index >= 15 is 0 Å². The van der Waals surface area contributed by atoms with Crippen molar-refractivity contribution in [3.8, 4) is 0 Å². The largest absolute Gasteiger partial charge is 0.325 e. The summed E-state index contributed by atoms with van der Waals surface area (Å²) in [5, 5.41) is 4.02. The number of carbonyl (C=O) groups excluding carboxylic acids is 1. The van der Waals surface area contributed by atoms with E-state index in [0.29, 0.717) is 10.2 Å². The molecule has 4 nitrogen and oxygen atoms in total. The van der Waals surface area contributed by atoms with Crippen LogP contribution in [-0.4, -0.2) is 21.6 Å². The maximum Gasteiger partial charge on any atom is 0.234 e. The summed E-state index contributed by atoms with van der Waals surface area (Å²) in [7, 11) is 0. The van der Waals surface area contributed by atoms with Gasteiger partial charge in [0.1, 0.15) is 0 Å². The molecule has 1 N–H and O–H groups in total. The van der Waals surface area contributed by atoms with Crippen LogP contribution in [-0.2, 0) is 4.79 Å². The van der Waals surface area contributed by atoms with Crippen LogP contribution in [0.15, 0.2) is 41.7 Å². The summed E-state index contributed by atoms with van der Waals surface area (Å²) < 4.78 is 0. The van der Waals surface area contributed by atoms with Crippen LogP contribution < -0.4 is 5.32 Å². The summed E-state index contributed by atoms with van der Waals surface area (Å²) in [6.07, 6.45) is 1.68. The number of nitrogens with one attached hydrogen (secondary N) is 1. The molecule has 1 aromatic heterocycles. The molecule has 0 spiro atoms. The van der Waals surface area contributed by atoms with Crippen molar-refractivity contribution in [2.24, 2.45) is 0 Å². The first kappa shape index (κ1) is 13.8. The number of aromatic nitrogens is 2. The Labute approximate surface area is 120 Å². The first-order valence-corrected chi connectivity index (χ1v) is 6.98. The maximum atomic E-state index is 11.7. The molecule has 0 bridgehead atoms. The third kappa shape index (κ3) is 4.54. The van der Waals surface area contributed by atoms with Crippen LogP contribution in [0.3, 0.4) is 0 Å². The fraction of sp³-hybridized carbons (Fsp3) is 0.154. The number of amides is 1. The van der Waals surface area contributed by atoms with Gasteiger partial charge in [-0.1, -0.05) is 23.4 Å². The Morgan fingerprint density at radius 3 is 2.74 bits per heavy atom. The normalized spacial score (nSPS) is 10.2. The number of carbonyl (C=O) groups is 1. The molecule has 0 unspecified atom stereocenters. The van der Waals surface area contributed by atoms with Crippen molar-refractivity contribution >= 4 is 35.0 Å². The molecule has 0 aliphatic heterocycles. The van der Waals surface area contributed by atoms with Gasteiger partial charge < -0.3 is 5.32 Å². The Hall–Kier alpha value is -1.59. The number of aryl methyl sites for hydroxylation is 1. The molecule has 0 aliphatic carbocycles. The van der Waals surface area contributed by atoms with Gasteiger partial charge >= 0.3 is 0 Å². The van der Waals surface area contributed by atoms with Crippen molar-refractivity contribution in [3.05, 3.63) is 47.2 Å². The highest BCUT2D eigenvalue weighted by molar-refractivity contribution is 7.99. The van der Waals surface area contributed by atoms with Gasteiger partial charge in [0.25, 0.3) is 0 Å². The Bertz CT molecular complexity index is 574. The molecule has 1 amide bonds. The van der Waals surface area contributed by atoms with E-state index in [1.54, 1.807) is 30.5 Å². The van der Waals surface area contributed by atoms with Crippen LogP contribution in [0, 0.1) is 6.92 Å². The van der Waals surface area contributed by atoms with E-state index in [0.717, 1.165) is 11.4 Å². The van der Waals surface area contributed by atoms with Gasteiger partial charge in [0.15, 0.2) is 5.16 Å². The minimum Gasteiger partial charge on any atom is -0.325 e. The summed E-state index contributed by atoms with van der Waals surface area (Å²) in [4.78, 5) is 20.0. The zero-order chi connectivity index (χ0) is 13.7. The van der Waals surface area contributed by atoms with E-state index in [-0.39, 0.29) is 11.7 Å². The molecular weight excluding hydrogens is 282 g/mol. The van der Waals surface area contributed by atoms with E-state index in [4.69, 9.17) is 11.6 Å². The molecule has 2 aromatic rings. The predicted octanol–water partition coefficient (Wildman–Crippen LogP) is 3.17. The number of rotatable bonds is 4. The van der Waals surface area contributed by atoms with Gasteiger partial charge in [0.05, 0.1) is 5.75 Å². The van der Waals surface area contributed by atoms with Gasteiger partial charge in [-0.15, -0.1) is 0 Å². The van der Waals surface area contributed by atoms with E-state index in [9.17, 15) is 4.79 Å². The maximum absolute atomic E-state index is 11.7. The van der Waals surface area contributed by atoms with Crippen LogP contribution in [0.4, 0.5) is 5.69 Å². The van der Waals surface area contributed by atoms with Gasteiger partial charge in [-0.2, -0.15) is 0 Å².